The normalized spacial score (nSPS) is 14.8. The van der Waals surface area contributed by atoms with Crippen molar-refractivity contribution in [2.24, 2.45) is 5.84 Å². The summed E-state index contributed by atoms with van der Waals surface area (Å²) in [4.78, 5) is 0. The Morgan fingerprint density at radius 1 is 1.43 bits per heavy atom. The molecule has 5 heteroatoms. The average Bonchev–Trinajstić information content (AvgIpc) is 3.14. The van der Waals surface area contributed by atoms with Gasteiger partial charge in [0.25, 0.3) is 0 Å². The zero-order valence-corrected chi connectivity index (χ0v) is 12.6. The van der Waals surface area contributed by atoms with Crippen molar-refractivity contribution in [3.8, 4) is 5.75 Å². The summed E-state index contributed by atoms with van der Waals surface area (Å²) in [5.74, 6) is 6.83. The number of para-hydroxylation sites is 1. The van der Waals surface area contributed by atoms with Crippen molar-refractivity contribution < 1.29 is 4.74 Å². The monoisotopic (exact) mass is 286 g/mol. The number of nitrogens with zero attached hydrogens (tertiary/aromatic N) is 2. The Kier molecular flexibility index (Phi) is 3.94. The highest BCUT2D eigenvalue weighted by molar-refractivity contribution is 5.48. The molecule has 1 aliphatic heterocycles. The van der Waals surface area contributed by atoms with Gasteiger partial charge < -0.3 is 4.74 Å². The number of aryl methyl sites for hydroxylation is 2. The zero-order chi connectivity index (χ0) is 14.8. The topological polar surface area (TPSA) is 65.1 Å². The van der Waals surface area contributed by atoms with E-state index in [0.717, 1.165) is 48.7 Å². The third kappa shape index (κ3) is 2.43. The van der Waals surface area contributed by atoms with Gasteiger partial charge >= 0.3 is 0 Å². The lowest BCUT2D eigenvalue weighted by Crippen LogP contribution is -2.31. The highest BCUT2D eigenvalue weighted by Gasteiger charge is 2.25. The van der Waals surface area contributed by atoms with Crippen LogP contribution in [-0.4, -0.2) is 16.4 Å². The van der Waals surface area contributed by atoms with Gasteiger partial charge in [-0.05, 0) is 25.0 Å². The molecule has 0 saturated heterocycles. The fourth-order valence-electron chi connectivity index (χ4n) is 2.95. The number of benzene rings is 1. The van der Waals surface area contributed by atoms with Crippen molar-refractivity contribution in [2.75, 3.05) is 6.61 Å². The standard InChI is InChI=1S/C16H22N4O/c1-3-12-10-14(20(4-2)19-12)15(18-17)13-7-5-6-11-8-9-21-16(11)13/h5-7,10,15,18H,3-4,8-9,17H2,1-2H3. The summed E-state index contributed by atoms with van der Waals surface area (Å²) in [6.07, 6.45) is 1.88. The summed E-state index contributed by atoms with van der Waals surface area (Å²) in [5.41, 5.74) is 7.45. The third-order valence-corrected chi connectivity index (χ3v) is 4.04. The molecule has 2 aromatic rings. The number of hydrazine groups is 1. The highest BCUT2D eigenvalue weighted by Crippen LogP contribution is 2.36. The third-order valence-electron chi connectivity index (χ3n) is 4.04. The minimum absolute atomic E-state index is 0.106. The number of rotatable bonds is 5. The minimum Gasteiger partial charge on any atom is -0.493 e. The molecule has 0 fully saturated rings. The van der Waals surface area contributed by atoms with Crippen LogP contribution in [0.1, 0.15) is 42.4 Å². The molecule has 1 aromatic heterocycles. The first-order chi connectivity index (χ1) is 10.3. The second-order valence-electron chi connectivity index (χ2n) is 5.26. The first-order valence-electron chi connectivity index (χ1n) is 7.55. The molecule has 2 heterocycles. The Bertz CT molecular complexity index is 635. The number of nitrogens with two attached hydrogens (primary N) is 1. The number of fused-ring (bicyclic) bond motifs is 1. The molecule has 0 amide bonds. The van der Waals surface area contributed by atoms with Gasteiger partial charge in [-0.2, -0.15) is 5.10 Å². The van der Waals surface area contributed by atoms with Crippen LogP contribution in [0.25, 0.3) is 0 Å². The van der Waals surface area contributed by atoms with E-state index in [1.165, 1.54) is 5.56 Å². The molecular formula is C16H22N4O. The second-order valence-corrected chi connectivity index (χ2v) is 5.26. The van der Waals surface area contributed by atoms with Gasteiger partial charge in [-0.1, -0.05) is 25.1 Å². The maximum absolute atomic E-state index is 5.86. The van der Waals surface area contributed by atoms with Crippen LogP contribution in [0.5, 0.6) is 5.75 Å². The van der Waals surface area contributed by atoms with E-state index in [4.69, 9.17) is 10.6 Å². The lowest BCUT2D eigenvalue weighted by Gasteiger charge is -2.20. The van der Waals surface area contributed by atoms with Gasteiger partial charge in [0.2, 0.25) is 0 Å². The maximum atomic E-state index is 5.86. The Hall–Kier alpha value is -1.85. The Morgan fingerprint density at radius 3 is 3.00 bits per heavy atom. The summed E-state index contributed by atoms with van der Waals surface area (Å²) in [6.45, 7) is 5.77. The highest BCUT2D eigenvalue weighted by atomic mass is 16.5. The summed E-state index contributed by atoms with van der Waals surface area (Å²) in [6, 6.07) is 8.29. The molecule has 0 aliphatic carbocycles. The molecule has 21 heavy (non-hydrogen) atoms. The van der Waals surface area contributed by atoms with E-state index in [2.05, 4.69) is 48.6 Å². The Morgan fingerprint density at radius 2 is 2.29 bits per heavy atom. The summed E-state index contributed by atoms with van der Waals surface area (Å²) < 4.78 is 7.83. The molecular weight excluding hydrogens is 264 g/mol. The van der Waals surface area contributed by atoms with Crippen LogP contribution in [0.15, 0.2) is 24.3 Å². The van der Waals surface area contributed by atoms with Gasteiger partial charge in [0.1, 0.15) is 5.75 Å². The van der Waals surface area contributed by atoms with Crippen molar-refractivity contribution in [1.82, 2.24) is 15.2 Å². The number of ether oxygens (including phenoxy) is 1. The van der Waals surface area contributed by atoms with Crippen molar-refractivity contribution >= 4 is 0 Å². The van der Waals surface area contributed by atoms with Crippen LogP contribution < -0.4 is 16.0 Å². The fourth-order valence-corrected chi connectivity index (χ4v) is 2.95. The van der Waals surface area contributed by atoms with E-state index < -0.39 is 0 Å². The summed E-state index contributed by atoms with van der Waals surface area (Å²) in [5, 5.41) is 4.62. The van der Waals surface area contributed by atoms with Crippen molar-refractivity contribution in [2.45, 2.75) is 39.3 Å². The summed E-state index contributed by atoms with van der Waals surface area (Å²) >= 11 is 0. The minimum atomic E-state index is -0.106. The molecule has 112 valence electrons. The first kappa shape index (κ1) is 14.1. The van der Waals surface area contributed by atoms with Crippen LogP contribution in [0, 0.1) is 0 Å². The van der Waals surface area contributed by atoms with E-state index in [1.54, 1.807) is 0 Å². The maximum Gasteiger partial charge on any atom is 0.127 e. The van der Waals surface area contributed by atoms with E-state index in [9.17, 15) is 0 Å². The largest absolute Gasteiger partial charge is 0.493 e. The smallest absolute Gasteiger partial charge is 0.127 e. The molecule has 1 aliphatic rings. The molecule has 3 rings (SSSR count). The molecule has 0 spiro atoms. The van der Waals surface area contributed by atoms with Crippen LogP contribution in [0.2, 0.25) is 0 Å². The molecule has 0 radical (unpaired) electrons. The van der Waals surface area contributed by atoms with Crippen molar-refractivity contribution in [3.63, 3.8) is 0 Å². The molecule has 1 unspecified atom stereocenters. The number of aromatic nitrogens is 2. The lowest BCUT2D eigenvalue weighted by molar-refractivity contribution is 0.349. The number of hydrogen-bond donors (Lipinski definition) is 2. The van der Waals surface area contributed by atoms with E-state index >= 15 is 0 Å². The van der Waals surface area contributed by atoms with Gasteiger partial charge in [0.05, 0.1) is 24.0 Å². The van der Waals surface area contributed by atoms with Crippen LogP contribution in [0.4, 0.5) is 0 Å². The lowest BCUT2D eigenvalue weighted by atomic mass is 9.99. The first-order valence-corrected chi connectivity index (χ1v) is 7.55. The number of hydrogen-bond acceptors (Lipinski definition) is 4. The van der Waals surface area contributed by atoms with Crippen LogP contribution >= 0.6 is 0 Å². The Labute approximate surface area is 125 Å². The average molecular weight is 286 g/mol. The molecule has 5 nitrogen and oxygen atoms in total. The predicted molar refractivity (Wildman–Crippen MR) is 82.1 cm³/mol. The van der Waals surface area contributed by atoms with E-state index in [0.29, 0.717) is 0 Å². The molecule has 1 aromatic carbocycles. The predicted octanol–water partition coefficient (Wildman–Crippen LogP) is 1.95. The molecule has 1 atom stereocenters. The van der Waals surface area contributed by atoms with E-state index in [1.807, 2.05) is 4.68 Å². The van der Waals surface area contributed by atoms with E-state index in [-0.39, 0.29) is 6.04 Å². The summed E-state index contributed by atoms with van der Waals surface area (Å²) in [7, 11) is 0. The molecule has 3 N–H and O–H groups in total. The molecule has 0 bridgehead atoms. The van der Waals surface area contributed by atoms with Crippen molar-refractivity contribution in [1.29, 1.82) is 0 Å². The Balaban J connectivity index is 2.07. The SMILES string of the molecule is CCc1cc(C(NN)c2cccc3c2OCC3)n(CC)n1. The van der Waals surface area contributed by atoms with Gasteiger partial charge in [-0.15, -0.1) is 0 Å². The van der Waals surface area contributed by atoms with Gasteiger partial charge in [-0.3, -0.25) is 10.5 Å². The number of nitrogens with one attached hydrogen (secondary N) is 1. The van der Waals surface area contributed by atoms with Gasteiger partial charge in [-0.25, -0.2) is 5.43 Å². The van der Waals surface area contributed by atoms with Crippen LogP contribution in [-0.2, 0) is 19.4 Å². The second kappa shape index (κ2) is 5.87. The molecule has 0 saturated carbocycles. The fraction of sp³-hybridized carbons (Fsp3) is 0.438. The quantitative estimate of drug-likeness (QED) is 0.651. The zero-order valence-electron chi connectivity index (χ0n) is 12.6. The van der Waals surface area contributed by atoms with Crippen LogP contribution in [0.3, 0.4) is 0 Å². The van der Waals surface area contributed by atoms with Crippen molar-refractivity contribution in [3.05, 3.63) is 46.8 Å². The van der Waals surface area contributed by atoms with Gasteiger partial charge in [0, 0.05) is 18.5 Å². The van der Waals surface area contributed by atoms with Gasteiger partial charge in [0.15, 0.2) is 0 Å².